The van der Waals surface area contributed by atoms with E-state index in [9.17, 15) is 4.79 Å². The van der Waals surface area contributed by atoms with Crippen LogP contribution in [0.15, 0.2) is 0 Å². The van der Waals surface area contributed by atoms with Crippen LogP contribution >= 0.6 is 11.6 Å². The van der Waals surface area contributed by atoms with Crippen molar-refractivity contribution in [2.45, 2.75) is 117 Å². The van der Waals surface area contributed by atoms with Gasteiger partial charge in [-0.1, -0.05) is 103 Å². The molecule has 0 atom stereocenters. The van der Waals surface area contributed by atoms with Gasteiger partial charge in [-0.15, -0.1) is 11.6 Å². The molecule has 0 rings (SSSR count). The van der Waals surface area contributed by atoms with E-state index in [1.165, 1.54) is 96.3 Å². The summed E-state index contributed by atoms with van der Waals surface area (Å²) in [4.78, 5) is 13.2. The lowest BCUT2D eigenvalue weighted by Crippen LogP contribution is -2.31. The highest BCUT2D eigenvalue weighted by atomic mass is 35.5. The van der Waals surface area contributed by atoms with Crippen LogP contribution in [-0.4, -0.2) is 30.1 Å². The minimum absolute atomic E-state index is 0.220. The van der Waals surface area contributed by atoms with E-state index in [0.29, 0.717) is 13.2 Å². The van der Waals surface area contributed by atoms with Crippen LogP contribution in [0.3, 0.4) is 0 Å². The summed E-state index contributed by atoms with van der Waals surface area (Å²) >= 11 is 5.79. The van der Waals surface area contributed by atoms with Crippen LogP contribution in [0.2, 0.25) is 0 Å². The fourth-order valence-corrected chi connectivity index (χ4v) is 3.48. The SMILES string of the molecule is CCCCCCCCCCCCCCCCCCN(CCl)C(=O)OCC. The van der Waals surface area contributed by atoms with Crippen molar-refractivity contribution in [3.05, 3.63) is 0 Å². The van der Waals surface area contributed by atoms with E-state index in [0.717, 1.165) is 6.42 Å². The minimum atomic E-state index is -0.288. The van der Waals surface area contributed by atoms with Crippen molar-refractivity contribution in [1.82, 2.24) is 4.90 Å². The Bertz CT molecular complexity index is 300. The third-order valence-electron chi connectivity index (χ3n) is 4.95. The first-order valence-corrected chi connectivity index (χ1v) is 11.8. The van der Waals surface area contributed by atoms with E-state index in [4.69, 9.17) is 16.3 Å². The lowest BCUT2D eigenvalue weighted by atomic mass is 10.0. The van der Waals surface area contributed by atoms with Gasteiger partial charge in [0, 0.05) is 6.54 Å². The summed E-state index contributed by atoms with van der Waals surface area (Å²) in [7, 11) is 0. The van der Waals surface area contributed by atoms with Crippen LogP contribution in [0, 0.1) is 0 Å². The van der Waals surface area contributed by atoms with Gasteiger partial charge in [-0.25, -0.2) is 4.79 Å². The fraction of sp³-hybridized carbons (Fsp3) is 0.955. The van der Waals surface area contributed by atoms with E-state index in [-0.39, 0.29) is 12.1 Å². The molecule has 0 heterocycles. The van der Waals surface area contributed by atoms with Gasteiger partial charge in [0.1, 0.15) is 0 Å². The van der Waals surface area contributed by atoms with Gasteiger partial charge < -0.3 is 4.74 Å². The van der Waals surface area contributed by atoms with Gasteiger partial charge in [0.15, 0.2) is 0 Å². The molecular weight excluding hydrogens is 346 g/mol. The third kappa shape index (κ3) is 17.0. The Morgan fingerprint density at radius 2 is 1.08 bits per heavy atom. The Morgan fingerprint density at radius 3 is 1.42 bits per heavy atom. The summed E-state index contributed by atoms with van der Waals surface area (Å²) in [6.45, 7) is 5.21. The largest absolute Gasteiger partial charge is 0.450 e. The molecule has 0 bridgehead atoms. The molecule has 0 aliphatic rings. The lowest BCUT2D eigenvalue weighted by molar-refractivity contribution is 0.113. The molecule has 0 aromatic carbocycles. The molecule has 0 radical (unpaired) electrons. The molecule has 0 aliphatic carbocycles. The average Bonchev–Trinajstić information content (AvgIpc) is 2.64. The summed E-state index contributed by atoms with van der Waals surface area (Å²) in [5.41, 5.74) is 0. The standard InChI is InChI=1S/C22H44ClNO2/c1-3-5-6-7-8-9-10-11-12-13-14-15-16-17-18-19-20-24(21-23)22(25)26-4-2/h3-21H2,1-2H3. The molecule has 0 saturated heterocycles. The topological polar surface area (TPSA) is 29.5 Å². The molecule has 0 aromatic heterocycles. The summed E-state index contributed by atoms with van der Waals surface area (Å²) < 4.78 is 4.98. The summed E-state index contributed by atoms with van der Waals surface area (Å²) in [6, 6.07) is 0.220. The number of amides is 1. The first-order chi connectivity index (χ1) is 12.8. The number of hydrogen-bond acceptors (Lipinski definition) is 2. The Labute approximate surface area is 168 Å². The van der Waals surface area contributed by atoms with E-state index < -0.39 is 0 Å². The quantitative estimate of drug-likeness (QED) is 0.127. The Morgan fingerprint density at radius 1 is 0.692 bits per heavy atom. The molecular formula is C22H44ClNO2. The van der Waals surface area contributed by atoms with Gasteiger partial charge in [-0.2, -0.15) is 0 Å². The van der Waals surface area contributed by atoms with Crippen molar-refractivity contribution in [3.63, 3.8) is 0 Å². The number of ether oxygens (including phenoxy) is 1. The van der Waals surface area contributed by atoms with E-state index in [2.05, 4.69) is 6.92 Å². The van der Waals surface area contributed by atoms with Crippen molar-refractivity contribution in [2.24, 2.45) is 0 Å². The second-order valence-corrected chi connectivity index (χ2v) is 7.62. The van der Waals surface area contributed by atoms with Gasteiger partial charge in [0.2, 0.25) is 0 Å². The van der Waals surface area contributed by atoms with Gasteiger partial charge in [0.05, 0.1) is 12.6 Å². The normalized spacial score (nSPS) is 10.9. The van der Waals surface area contributed by atoms with Crippen molar-refractivity contribution < 1.29 is 9.53 Å². The van der Waals surface area contributed by atoms with Crippen LogP contribution < -0.4 is 0 Å². The first-order valence-electron chi connectivity index (χ1n) is 11.2. The monoisotopic (exact) mass is 389 g/mol. The molecule has 0 saturated carbocycles. The van der Waals surface area contributed by atoms with Crippen LogP contribution in [0.5, 0.6) is 0 Å². The maximum atomic E-state index is 11.6. The van der Waals surface area contributed by atoms with Gasteiger partial charge in [-0.05, 0) is 13.3 Å². The molecule has 1 amide bonds. The summed E-state index contributed by atoms with van der Waals surface area (Å²) in [6.07, 6.45) is 21.4. The number of nitrogens with zero attached hydrogens (tertiary/aromatic N) is 1. The maximum absolute atomic E-state index is 11.6. The van der Waals surface area contributed by atoms with E-state index in [1.54, 1.807) is 4.90 Å². The zero-order chi connectivity index (χ0) is 19.3. The smallest absolute Gasteiger partial charge is 0.410 e. The number of carbonyl (C=O) groups excluding carboxylic acids is 1. The van der Waals surface area contributed by atoms with E-state index >= 15 is 0 Å². The maximum Gasteiger partial charge on any atom is 0.410 e. The Hall–Kier alpha value is -0.440. The molecule has 0 spiro atoms. The summed E-state index contributed by atoms with van der Waals surface area (Å²) in [5, 5.41) is 0. The number of unbranched alkanes of at least 4 members (excludes halogenated alkanes) is 15. The van der Waals surface area contributed by atoms with E-state index in [1.807, 2.05) is 6.92 Å². The van der Waals surface area contributed by atoms with Gasteiger partial charge in [-0.3, -0.25) is 4.90 Å². The minimum Gasteiger partial charge on any atom is -0.450 e. The van der Waals surface area contributed by atoms with Crippen molar-refractivity contribution in [1.29, 1.82) is 0 Å². The number of hydrogen-bond donors (Lipinski definition) is 0. The number of rotatable bonds is 19. The zero-order valence-corrected chi connectivity index (χ0v) is 18.3. The number of carbonyl (C=O) groups is 1. The lowest BCUT2D eigenvalue weighted by Gasteiger charge is -2.18. The van der Waals surface area contributed by atoms with Crippen LogP contribution in [0.4, 0.5) is 4.79 Å². The highest BCUT2D eigenvalue weighted by molar-refractivity contribution is 6.18. The predicted molar refractivity (Wildman–Crippen MR) is 114 cm³/mol. The number of alkyl halides is 1. The zero-order valence-electron chi connectivity index (χ0n) is 17.6. The fourth-order valence-electron chi connectivity index (χ4n) is 3.27. The van der Waals surface area contributed by atoms with Crippen LogP contribution in [0.1, 0.15) is 117 Å². The summed E-state index contributed by atoms with van der Waals surface area (Å²) in [5.74, 6) is 0. The number of halogens is 1. The molecule has 0 aromatic rings. The van der Waals surface area contributed by atoms with Gasteiger partial charge >= 0.3 is 6.09 Å². The van der Waals surface area contributed by atoms with Crippen LogP contribution in [0.25, 0.3) is 0 Å². The second-order valence-electron chi connectivity index (χ2n) is 7.39. The third-order valence-corrected chi connectivity index (χ3v) is 5.24. The molecule has 0 aliphatic heterocycles. The Balaban J connectivity index is 3.23. The van der Waals surface area contributed by atoms with Crippen molar-refractivity contribution >= 4 is 17.7 Å². The van der Waals surface area contributed by atoms with Gasteiger partial charge in [0.25, 0.3) is 0 Å². The molecule has 0 N–H and O–H groups in total. The molecule has 4 heteroatoms. The molecule has 3 nitrogen and oxygen atoms in total. The molecule has 156 valence electrons. The molecule has 0 unspecified atom stereocenters. The highest BCUT2D eigenvalue weighted by Gasteiger charge is 2.11. The van der Waals surface area contributed by atoms with Crippen LogP contribution in [-0.2, 0) is 4.74 Å². The van der Waals surface area contributed by atoms with Crippen molar-refractivity contribution in [3.8, 4) is 0 Å². The molecule has 0 fully saturated rings. The highest BCUT2D eigenvalue weighted by Crippen LogP contribution is 2.14. The molecule has 26 heavy (non-hydrogen) atoms. The second kappa shape index (κ2) is 20.9. The Kier molecular flexibility index (Phi) is 20.5. The van der Waals surface area contributed by atoms with Crippen molar-refractivity contribution in [2.75, 3.05) is 19.2 Å². The predicted octanol–water partition coefficient (Wildman–Crippen LogP) is 7.90. The first kappa shape index (κ1) is 25.6. The average molecular weight is 390 g/mol.